The Balaban J connectivity index is 1.70. The molecule has 25 heavy (non-hydrogen) atoms. The first-order valence-corrected chi connectivity index (χ1v) is 8.66. The van der Waals surface area contributed by atoms with Crippen LogP contribution < -0.4 is 4.74 Å². The highest BCUT2D eigenvalue weighted by molar-refractivity contribution is 5.83. The van der Waals surface area contributed by atoms with E-state index in [0.29, 0.717) is 41.9 Å². The molecule has 2 bridgehead atoms. The lowest BCUT2D eigenvalue weighted by atomic mass is 9.73. The van der Waals surface area contributed by atoms with Crippen LogP contribution in [0.5, 0.6) is 5.75 Å². The van der Waals surface area contributed by atoms with Gasteiger partial charge in [0.25, 0.3) is 0 Å². The molecular formula is C20H24N2O3. The number of methoxy groups -OCH3 is 1. The average molecular weight is 343 g/mol. The first-order chi connectivity index (χ1) is 13.2. The predicted molar refractivity (Wildman–Crippen MR) is 96.8 cm³/mol. The second kappa shape index (κ2) is 6.09. The number of piperidine rings is 3. The van der Waals surface area contributed by atoms with Gasteiger partial charge in [-0.3, -0.25) is 4.98 Å². The molecule has 1 aromatic heterocycles. The van der Waals surface area contributed by atoms with Crippen molar-refractivity contribution in [3.8, 4) is 5.75 Å². The fourth-order valence-electron chi connectivity index (χ4n) is 4.62. The number of benzene rings is 1. The van der Waals surface area contributed by atoms with Crippen molar-refractivity contribution in [2.75, 3.05) is 20.1 Å². The van der Waals surface area contributed by atoms with Crippen LogP contribution in [0.15, 0.2) is 43.1 Å². The molecule has 132 valence electrons. The molecule has 3 saturated heterocycles. The summed E-state index contributed by atoms with van der Waals surface area (Å²) in [6.45, 7) is 4.82. The number of pyridine rings is 1. The number of quaternary nitrogens is 1. The van der Waals surface area contributed by atoms with Gasteiger partial charge in [0.15, 0.2) is 0 Å². The van der Waals surface area contributed by atoms with E-state index >= 15 is 0 Å². The minimum Gasteiger partial charge on any atom is -0.632 e. The van der Waals surface area contributed by atoms with Gasteiger partial charge < -0.3 is 19.7 Å². The van der Waals surface area contributed by atoms with Gasteiger partial charge in [0.1, 0.15) is 17.9 Å². The maximum atomic E-state index is 13.4. The Labute approximate surface area is 151 Å². The van der Waals surface area contributed by atoms with Crippen LogP contribution in [0.2, 0.25) is 0 Å². The number of aromatic nitrogens is 1. The number of aliphatic hydroxyl groups excluding tert-OH is 1. The zero-order chi connectivity index (χ0) is 20.1. The Hall–Kier alpha value is -1.95. The van der Waals surface area contributed by atoms with Crippen molar-refractivity contribution < 1.29 is 18.6 Å². The summed E-state index contributed by atoms with van der Waals surface area (Å²) in [5.74, 6) is 0.744. The van der Waals surface area contributed by atoms with Crippen molar-refractivity contribution in [3.63, 3.8) is 0 Å². The summed E-state index contributed by atoms with van der Waals surface area (Å²) in [5.41, 5.74) is 1.20. The Bertz CT molecular complexity index is 904. The van der Waals surface area contributed by atoms with Crippen LogP contribution in [-0.2, 0) is 0 Å². The molecule has 0 aliphatic carbocycles. The van der Waals surface area contributed by atoms with E-state index in [4.69, 9.17) is 8.85 Å². The second-order valence-corrected chi connectivity index (χ2v) is 7.24. The average Bonchev–Trinajstić information content (AvgIpc) is 2.65. The van der Waals surface area contributed by atoms with Crippen molar-refractivity contribution >= 4 is 10.9 Å². The summed E-state index contributed by atoms with van der Waals surface area (Å²) in [6, 6.07) is 6.03. The van der Waals surface area contributed by atoms with Crippen LogP contribution in [0, 0.1) is 17.0 Å². The Morgan fingerprint density at radius 3 is 3.16 bits per heavy atom. The van der Waals surface area contributed by atoms with E-state index in [0.717, 1.165) is 6.42 Å². The molecule has 5 rings (SSSR count). The summed E-state index contributed by atoms with van der Waals surface area (Å²) in [5, 5.41) is 25.2. The number of hydrogen-bond acceptors (Lipinski definition) is 4. The molecule has 1 aromatic carbocycles. The molecule has 0 radical (unpaired) electrons. The van der Waals surface area contributed by atoms with Crippen molar-refractivity contribution in [2.45, 2.75) is 25.0 Å². The van der Waals surface area contributed by atoms with E-state index in [-0.39, 0.29) is 11.7 Å². The number of rotatable bonds is 4. The first-order valence-electron chi connectivity index (χ1n) is 10.2. The van der Waals surface area contributed by atoms with E-state index in [9.17, 15) is 10.3 Å². The summed E-state index contributed by atoms with van der Waals surface area (Å²) < 4.78 is 26.5. The van der Waals surface area contributed by atoms with Crippen LogP contribution >= 0.6 is 0 Å². The molecule has 0 spiro atoms. The van der Waals surface area contributed by atoms with E-state index in [1.807, 2.05) is 6.08 Å². The smallest absolute Gasteiger partial charge is 0.132 e. The van der Waals surface area contributed by atoms with E-state index in [1.165, 1.54) is 0 Å². The zero-order valence-electron chi connectivity index (χ0n) is 17.0. The summed E-state index contributed by atoms with van der Waals surface area (Å²) >= 11 is 0. The molecule has 0 amide bonds. The van der Waals surface area contributed by atoms with Gasteiger partial charge >= 0.3 is 0 Å². The Morgan fingerprint density at radius 1 is 1.52 bits per heavy atom. The molecule has 3 fully saturated rings. The van der Waals surface area contributed by atoms with E-state index in [2.05, 4.69) is 11.6 Å². The standard InChI is InChI=1S/C20H24N2O3/c1-3-13-12-22(24)9-7-14(13)10-19(22)20(23)16-6-8-21-18-5-4-15(25-2)11-17(16)18/h3-6,8,11,13-14,19-20,23H,1,7,9-10,12H2,2H3/t13-,14-,19-,20+,22+/m0/s1/i2D3. The van der Waals surface area contributed by atoms with E-state index in [1.54, 1.807) is 30.5 Å². The van der Waals surface area contributed by atoms with Gasteiger partial charge in [-0.05, 0) is 35.7 Å². The number of ether oxygens (including phenoxy) is 1. The van der Waals surface area contributed by atoms with Gasteiger partial charge in [-0.2, -0.15) is 0 Å². The van der Waals surface area contributed by atoms with Crippen LogP contribution in [-0.4, -0.2) is 40.9 Å². The van der Waals surface area contributed by atoms with Gasteiger partial charge in [0.2, 0.25) is 0 Å². The van der Waals surface area contributed by atoms with Crippen molar-refractivity contribution in [2.24, 2.45) is 11.8 Å². The third kappa shape index (κ3) is 2.63. The largest absolute Gasteiger partial charge is 0.632 e. The topological polar surface area (TPSA) is 65.4 Å². The third-order valence-corrected chi connectivity index (χ3v) is 6.00. The highest BCUT2D eigenvalue weighted by atomic mass is 16.6. The Morgan fingerprint density at radius 2 is 2.40 bits per heavy atom. The maximum absolute atomic E-state index is 13.4. The molecule has 2 aromatic rings. The summed E-state index contributed by atoms with van der Waals surface area (Å²) in [6.07, 6.45) is 4.02. The SMILES string of the molecule is [2H]C([2H])([2H])Oc1ccc2nccc([C@@H](O)[C@@H]3C[C@@H]4CC[N@@+]3([O-])C[C@@H]4C=C)c2c1. The van der Waals surface area contributed by atoms with Gasteiger partial charge in [0, 0.05) is 30.3 Å². The highest BCUT2D eigenvalue weighted by Crippen LogP contribution is 2.46. The molecule has 0 unspecified atom stereocenters. The third-order valence-electron chi connectivity index (χ3n) is 6.00. The van der Waals surface area contributed by atoms with Gasteiger partial charge in [0.05, 0.1) is 29.8 Å². The minimum atomic E-state index is -2.56. The van der Waals surface area contributed by atoms with Gasteiger partial charge in [-0.15, -0.1) is 6.58 Å². The first kappa shape index (κ1) is 13.3. The van der Waals surface area contributed by atoms with Gasteiger partial charge in [-0.1, -0.05) is 6.08 Å². The van der Waals surface area contributed by atoms with Crippen LogP contribution in [0.4, 0.5) is 0 Å². The second-order valence-electron chi connectivity index (χ2n) is 7.24. The molecule has 5 atom stereocenters. The summed E-state index contributed by atoms with van der Waals surface area (Å²) in [7, 11) is -2.56. The molecule has 3 aliphatic rings. The fraction of sp³-hybridized carbons (Fsp3) is 0.450. The number of nitrogens with zero attached hydrogens (tertiary/aromatic N) is 2. The molecule has 3 aliphatic heterocycles. The van der Waals surface area contributed by atoms with Crippen LogP contribution in [0.25, 0.3) is 10.9 Å². The quantitative estimate of drug-likeness (QED) is 0.526. The lowest BCUT2D eigenvalue weighted by Gasteiger charge is -2.61. The predicted octanol–water partition coefficient (Wildman–Crippen LogP) is 3.19. The molecule has 5 heteroatoms. The van der Waals surface area contributed by atoms with Gasteiger partial charge in [-0.25, -0.2) is 0 Å². The fourth-order valence-corrected chi connectivity index (χ4v) is 4.62. The zero-order valence-corrected chi connectivity index (χ0v) is 14.0. The lowest BCUT2D eigenvalue weighted by Crippen LogP contribution is -2.64. The monoisotopic (exact) mass is 343 g/mol. The lowest BCUT2D eigenvalue weighted by molar-refractivity contribution is -0.929. The number of hydrogen-bond donors (Lipinski definition) is 1. The minimum absolute atomic E-state index is 0.178. The van der Waals surface area contributed by atoms with Crippen LogP contribution in [0.3, 0.4) is 0 Å². The molecular weight excluding hydrogens is 316 g/mol. The molecule has 0 saturated carbocycles. The van der Waals surface area contributed by atoms with Crippen molar-refractivity contribution in [1.29, 1.82) is 0 Å². The molecule has 4 heterocycles. The summed E-state index contributed by atoms with van der Waals surface area (Å²) in [4.78, 5) is 4.29. The number of hydroxylamine groups is 3. The number of fused-ring (bicyclic) bond motifs is 4. The number of aliphatic hydroxyl groups is 1. The Kier molecular flexibility index (Phi) is 3.24. The van der Waals surface area contributed by atoms with E-state index < -0.39 is 23.8 Å². The van der Waals surface area contributed by atoms with Crippen molar-refractivity contribution in [3.05, 3.63) is 53.9 Å². The highest BCUT2D eigenvalue weighted by Gasteiger charge is 2.49. The normalized spacial score (nSPS) is 34.8. The van der Waals surface area contributed by atoms with Crippen molar-refractivity contribution in [1.82, 2.24) is 4.98 Å². The molecule has 1 N–H and O–H groups in total. The maximum Gasteiger partial charge on any atom is 0.132 e. The molecule has 5 nitrogen and oxygen atoms in total. The van der Waals surface area contributed by atoms with Crippen LogP contribution in [0.1, 0.15) is 28.6 Å².